The van der Waals surface area contributed by atoms with Gasteiger partial charge in [-0.1, -0.05) is 43.2 Å². The number of nitrogen functional groups attached to an aromatic ring is 1. The Balaban J connectivity index is 1.62. The fourth-order valence-corrected chi connectivity index (χ4v) is 5.92. The number of benzene rings is 3. The van der Waals surface area contributed by atoms with Gasteiger partial charge in [-0.05, 0) is 59.9 Å². The minimum absolute atomic E-state index is 0.159. The van der Waals surface area contributed by atoms with Crippen molar-refractivity contribution in [2.45, 2.75) is 49.9 Å². The first-order valence-electron chi connectivity index (χ1n) is 11.9. The number of anilines is 1. The lowest BCUT2D eigenvalue weighted by molar-refractivity contribution is -0.143. The highest BCUT2D eigenvalue weighted by molar-refractivity contribution is 6.02. The van der Waals surface area contributed by atoms with E-state index in [2.05, 4.69) is 0 Å². The van der Waals surface area contributed by atoms with Gasteiger partial charge >= 0.3 is 12.1 Å². The number of carbonyl (C=O) groups is 2. The van der Waals surface area contributed by atoms with Crippen LogP contribution in [0.25, 0.3) is 11.1 Å². The molecule has 2 aliphatic rings. The Morgan fingerprint density at radius 1 is 1.03 bits per heavy atom. The van der Waals surface area contributed by atoms with Crippen molar-refractivity contribution in [1.82, 2.24) is 4.90 Å². The van der Waals surface area contributed by atoms with Crippen LogP contribution in [0.4, 0.5) is 23.2 Å². The molecule has 5 rings (SSSR count). The molecule has 1 aliphatic heterocycles. The molecule has 192 valence electrons. The highest BCUT2D eigenvalue weighted by Crippen LogP contribution is 2.51. The number of hydrogen-bond acceptors (Lipinski definition) is 3. The average molecular weight is 513 g/mol. The number of carbonyl (C=O) groups excluding carboxylic acids is 1. The lowest BCUT2D eigenvalue weighted by Crippen LogP contribution is -2.58. The third-order valence-electron chi connectivity index (χ3n) is 7.58. The van der Waals surface area contributed by atoms with Gasteiger partial charge in [0, 0.05) is 23.4 Å². The maximum atomic E-state index is 14.3. The monoisotopic (exact) mass is 512 g/mol. The average Bonchev–Trinajstić information content (AvgIpc) is 3.30. The molecule has 3 N–H and O–H groups in total. The van der Waals surface area contributed by atoms with Gasteiger partial charge in [0.2, 0.25) is 0 Å². The van der Waals surface area contributed by atoms with Crippen molar-refractivity contribution >= 4 is 17.6 Å². The van der Waals surface area contributed by atoms with Crippen LogP contribution in [0, 0.1) is 5.82 Å². The van der Waals surface area contributed by atoms with E-state index in [0.717, 1.165) is 12.1 Å². The molecule has 3 aromatic carbocycles. The molecule has 1 aliphatic carbocycles. The molecule has 1 amide bonds. The van der Waals surface area contributed by atoms with Crippen molar-refractivity contribution < 1.29 is 32.3 Å². The van der Waals surface area contributed by atoms with E-state index in [0.29, 0.717) is 54.1 Å². The van der Waals surface area contributed by atoms with Gasteiger partial charge in [0.05, 0.1) is 11.1 Å². The normalized spacial score (nSPS) is 18.8. The Morgan fingerprint density at radius 3 is 2.35 bits per heavy atom. The van der Waals surface area contributed by atoms with Crippen molar-refractivity contribution in [1.29, 1.82) is 0 Å². The molecule has 0 aromatic heterocycles. The molecule has 3 aromatic rings. The van der Waals surface area contributed by atoms with Gasteiger partial charge < -0.3 is 15.7 Å². The van der Waals surface area contributed by atoms with E-state index in [1.807, 2.05) is 12.1 Å². The zero-order valence-corrected chi connectivity index (χ0v) is 19.7. The second-order valence-electron chi connectivity index (χ2n) is 9.67. The molecule has 9 heteroatoms. The molecule has 0 saturated heterocycles. The Kier molecular flexibility index (Phi) is 5.96. The molecular formula is C28H24F4N2O3. The quantitative estimate of drug-likeness (QED) is 0.321. The second-order valence-corrected chi connectivity index (χ2v) is 9.67. The first-order valence-corrected chi connectivity index (χ1v) is 11.9. The summed E-state index contributed by atoms with van der Waals surface area (Å²) in [6, 6.07) is 14.7. The fourth-order valence-electron chi connectivity index (χ4n) is 5.92. The summed E-state index contributed by atoms with van der Waals surface area (Å²) in [5, 5.41) is 10.4. The number of nitrogens with zero attached hydrogens (tertiary/aromatic N) is 1. The molecule has 0 bridgehead atoms. The van der Waals surface area contributed by atoms with Crippen LogP contribution in [0.15, 0.2) is 60.7 Å². The van der Waals surface area contributed by atoms with E-state index >= 15 is 0 Å². The number of amides is 1. The molecule has 1 spiro atoms. The first-order chi connectivity index (χ1) is 17.5. The molecule has 1 saturated carbocycles. The smallest absolute Gasteiger partial charge is 0.419 e. The van der Waals surface area contributed by atoms with Crippen molar-refractivity contribution in [2.75, 3.05) is 5.73 Å². The Labute approximate surface area is 210 Å². The summed E-state index contributed by atoms with van der Waals surface area (Å²) >= 11 is 0. The maximum absolute atomic E-state index is 14.3. The number of hydrogen-bond donors (Lipinski definition) is 2. The Hall–Kier alpha value is -3.88. The third-order valence-corrected chi connectivity index (χ3v) is 7.58. The second kappa shape index (κ2) is 8.90. The van der Waals surface area contributed by atoms with Crippen LogP contribution in [0.3, 0.4) is 0 Å². The lowest BCUT2D eigenvalue weighted by atomic mass is 9.71. The molecular weight excluding hydrogens is 488 g/mol. The number of aliphatic carboxylic acids is 1. The fraction of sp³-hybridized carbons (Fsp3) is 0.286. The van der Waals surface area contributed by atoms with E-state index in [-0.39, 0.29) is 17.7 Å². The van der Waals surface area contributed by atoms with Gasteiger partial charge in [-0.25, -0.2) is 4.39 Å². The van der Waals surface area contributed by atoms with Crippen LogP contribution >= 0.6 is 0 Å². The van der Waals surface area contributed by atoms with Gasteiger partial charge in [-0.2, -0.15) is 13.2 Å². The zero-order chi connectivity index (χ0) is 26.5. The maximum Gasteiger partial charge on any atom is 0.419 e. The van der Waals surface area contributed by atoms with Gasteiger partial charge in [-0.15, -0.1) is 0 Å². The van der Waals surface area contributed by atoms with Crippen molar-refractivity contribution in [3.63, 3.8) is 0 Å². The van der Waals surface area contributed by atoms with Crippen LogP contribution in [0.5, 0.6) is 0 Å². The predicted octanol–water partition coefficient (Wildman–Crippen LogP) is 6.23. The van der Waals surface area contributed by atoms with Crippen molar-refractivity contribution in [3.8, 4) is 11.1 Å². The lowest BCUT2D eigenvalue weighted by Gasteiger charge is -2.49. The largest absolute Gasteiger partial charge is 0.481 e. The van der Waals surface area contributed by atoms with Crippen molar-refractivity contribution in [2.24, 2.45) is 0 Å². The van der Waals surface area contributed by atoms with E-state index in [4.69, 9.17) is 5.73 Å². The number of halogens is 4. The topological polar surface area (TPSA) is 83.6 Å². The summed E-state index contributed by atoms with van der Waals surface area (Å²) in [4.78, 5) is 28.0. The summed E-state index contributed by atoms with van der Waals surface area (Å²) in [6.45, 7) is -0.204. The van der Waals surface area contributed by atoms with Crippen LogP contribution in [-0.2, 0) is 17.5 Å². The predicted molar refractivity (Wildman–Crippen MR) is 129 cm³/mol. The summed E-state index contributed by atoms with van der Waals surface area (Å²) in [5.41, 5.74) is 6.31. The zero-order valence-electron chi connectivity index (χ0n) is 19.7. The minimum atomic E-state index is -4.84. The van der Waals surface area contributed by atoms with E-state index in [9.17, 15) is 32.3 Å². The molecule has 37 heavy (non-hydrogen) atoms. The highest BCUT2D eigenvalue weighted by Gasteiger charge is 2.56. The number of carboxylic acids is 1. The third kappa shape index (κ3) is 4.12. The van der Waals surface area contributed by atoms with Gasteiger partial charge in [-0.3, -0.25) is 9.59 Å². The molecule has 1 atom stereocenters. The molecule has 1 unspecified atom stereocenters. The SMILES string of the molecule is Nc1ccccc1-c1ccc2c(c1)C(C(=O)O)C1(CCCC1)N(Cc1ccc(C(F)(F)F)c(F)c1)C2=O. The molecule has 1 heterocycles. The Bertz CT molecular complexity index is 1400. The summed E-state index contributed by atoms with van der Waals surface area (Å²) in [6.07, 6.45) is -2.64. The number of rotatable bonds is 4. The van der Waals surface area contributed by atoms with Gasteiger partial charge in [0.1, 0.15) is 11.7 Å². The standard InChI is InChI=1S/C28H24F4N2O3/c29-22-13-16(7-10-21(22)28(30,31)32)15-34-25(35)19-9-8-17(18-5-1-2-6-23(18)33)14-20(19)24(26(36)37)27(34)11-3-4-12-27/h1-2,5-10,13-14,24H,3-4,11-12,15,33H2,(H,36,37). The number of carboxylic acid groups (broad SMARTS) is 1. The molecule has 5 nitrogen and oxygen atoms in total. The molecule has 0 radical (unpaired) electrons. The van der Waals surface area contributed by atoms with Crippen LogP contribution in [-0.4, -0.2) is 27.4 Å². The minimum Gasteiger partial charge on any atom is -0.481 e. The van der Waals surface area contributed by atoms with Crippen molar-refractivity contribution in [3.05, 3.63) is 88.7 Å². The van der Waals surface area contributed by atoms with E-state index in [1.165, 1.54) is 4.90 Å². The van der Waals surface area contributed by atoms with E-state index < -0.39 is 40.9 Å². The summed E-state index contributed by atoms with van der Waals surface area (Å²) in [7, 11) is 0. The van der Waals surface area contributed by atoms with Crippen LogP contribution < -0.4 is 5.73 Å². The van der Waals surface area contributed by atoms with Gasteiger partial charge in [0.15, 0.2) is 0 Å². The van der Waals surface area contributed by atoms with Crippen LogP contribution in [0.2, 0.25) is 0 Å². The number of para-hydroxylation sites is 1. The van der Waals surface area contributed by atoms with Gasteiger partial charge in [0.25, 0.3) is 5.91 Å². The molecule has 1 fully saturated rings. The first kappa shape index (κ1) is 24.8. The number of nitrogens with two attached hydrogens (primary N) is 1. The highest BCUT2D eigenvalue weighted by atomic mass is 19.4. The number of alkyl halides is 3. The summed E-state index contributed by atoms with van der Waals surface area (Å²) < 4.78 is 53.5. The Morgan fingerprint density at radius 2 is 1.73 bits per heavy atom. The van der Waals surface area contributed by atoms with Crippen LogP contribution in [0.1, 0.15) is 58.6 Å². The van der Waals surface area contributed by atoms with E-state index in [1.54, 1.807) is 30.3 Å². The number of fused-ring (bicyclic) bond motifs is 1. The summed E-state index contributed by atoms with van der Waals surface area (Å²) in [5.74, 6) is -4.03.